The summed E-state index contributed by atoms with van der Waals surface area (Å²) in [4.78, 5) is 12.1. The Kier molecular flexibility index (Phi) is 7.17. The van der Waals surface area contributed by atoms with Crippen LogP contribution in [-0.2, 0) is 12.8 Å². The molecule has 0 aromatic heterocycles. The van der Waals surface area contributed by atoms with Crippen molar-refractivity contribution in [2.75, 3.05) is 6.79 Å². The number of esters is 1. The van der Waals surface area contributed by atoms with Crippen molar-refractivity contribution in [2.45, 2.75) is 12.8 Å². The summed E-state index contributed by atoms with van der Waals surface area (Å²) in [6.07, 6.45) is 1.80. The number of hydrogen-bond donors (Lipinski definition) is 0. The van der Waals surface area contributed by atoms with Crippen LogP contribution in [-0.4, -0.2) is 12.8 Å². The first-order valence-corrected chi connectivity index (χ1v) is 10.5. The van der Waals surface area contributed by atoms with Crippen molar-refractivity contribution >= 4 is 5.97 Å². The topological polar surface area (TPSA) is 44.8 Å². The molecule has 4 heteroatoms. The Morgan fingerprint density at radius 1 is 0.531 bits per heavy atom. The first kappa shape index (κ1) is 21.2. The molecule has 0 N–H and O–H groups in total. The van der Waals surface area contributed by atoms with Crippen LogP contribution in [0.5, 0.6) is 17.2 Å². The molecule has 0 spiro atoms. The lowest BCUT2D eigenvalue weighted by Crippen LogP contribution is -2.08. The molecule has 0 amide bonds. The predicted molar refractivity (Wildman–Crippen MR) is 124 cm³/mol. The van der Waals surface area contributed by atoms with Gasteiger partial charge in [0, 0.05) is 0 Å². The molecule has 0 heterocycles. The van der Waals surface area contributed by atoms with Crippen LogP contribution in [0.25, 0.3) is 0 Å². The minimum absolute atomic E-state index is 0.171. The highest BCUT2D eigenvalue weighted by molar-refractivity contribution is 5.90. The summed E-state index contributed by atoms with van der Waals surface area (Å²) in [7, 11) is 0. The predicted octanol–water partition coefficient (Wildman–Crippen LogP) is 6.11. The van der Waals surface area contributed by atoms with E-state index >= 15 is 0 Å². The Bertz CT molecular complexity index is 1110. The van der Waals surface area contributed by atoms with Gasteiger partial charge in [0.15, 0.2) is 0 Å². The van der Waals surface area contributed by atoms with Crippen LogP contribution in [0.15, 0.2) is 109 Å². The minimum atomic E-state index is -0.352. The van der Waals surface area contributed by atoms with Gasteiger partial charge in [-0.05, 0) is 72.5 Å². The first-order chi connectivity index (χ1) is 15.8. The van der Waals surface area contributed by atoms with E-state index < -0.39 is 0 Å². The van der Waals surface area contributed by atoms with E-state index in [-0.39, 0.29) is 12.8 Å². The van der Waals surface area contributed by atoms with E-state index in [0.29, 0.717) is 11.3 Å². The van der Waals surface area contributed by atoms with E-state index in [9.17, 15) is 4.79 Å². The molecular weight excluding hydrogens is 400 g/mol. The third-order valence-electron chi connectivity index (χ3n) is 4.96. The summed E-state index contributed by atoms with van der Waals surface area (Å²) in [6.45, 7) is 0.171. The van der Waals surface area contributed by atoms with Gasteiger partial charge in [-0.15, -0.1) is 0 Å². The van der Waals surface area contributed by atoms with Gasteiger partial charge in [0.1, 0.15) is 17.2 Å². The molecule has 4 rings (SSSR count). The molecule has 32 heavy (non-hydrogen) atoms. The van der Waals surface area contributed by atoms with Crippen molar-refractivity contribution in [3.05, 3.63) is 126 Å². The second-order valence-corrected chi connectivity index (χ2v) is 7.26. The fourth-order valence-electron chi connectivity index (χ4n) is 3.19. The van der Waals surface area contributed by atoms with Gasteiger partial charge in [-0.1, -0.05) is 60.7 Å². The molecular formula is C28H24O4. The molecule has 0 aliphatic rings. The summed E-state index contributed by atoms with van der Waals surface area (Å²) in [6, 6.07) is 34.3. The number of carbonyl (C=O) groups is 1. The molecule has 0 bridgehead atoms. The Morgan fingerprint density at radius 2 is 1.00 bits per heavy atom. The zero-order valence-electron chi connectivity index (χ0n) is 17.6. The zero-order chi connectivity index (χ0) is 22.0. The Morgan fingerprint density at radius 3 is 1.56 bits per heavy atom. The van der Waals surface area contributed by atoms with Crippen molar-refractivity contribution in [3.63, 3.8) is 0 Å². The molecule has 4 aromatic rings. The number of ether oxygens (including phenoxy) is 3. The van der Waals surface area contributed by atoms with Crippen LogP contribution in [0.4, 0.5) is 0 Å². The molecule has 0 aliphatic heterocycles. The Balaban J connectivity index is 1.22. The highest BCUT2D eigenvalue weighted by atomic mass is 16.7. The van der Waals surface area contributed by atoms with Crippen LogP contribution in [0.3, 0.4) is 0 Å². The van der Waals surface area contributed by atoms with Crippen molar-refractivity contribution in [2.24, 2.45) is 0 Å². The fraction of sp³-hybridized carbons (Fsp3) is 0.107. The standard InChI is InChI=1S/C28H24O4/c29-28(24-7-3-1-4-8-24)32-27-19-15-23(16-20-27)12-11-22-13-17-26(18-14-22)31-21-30-25-9-5-2-6-10-25/h1-10,13-20H,11-12,21H2. The molecule has 0 atom stereocenters. The van der Waals surface area contributed by atoms with Gasteiger partial charge in [0.05, 0.1) is 5.56 Å². The minimum Gasteiger partial charge on any atom is -0.458 e. The van der Waals surface area contributed by atoms with Crippen molar-refractivity contribution in [3.8, 4) is 17.2 Å². The highest BCUT2D eigenvalue weighted by Crippen LogP contribution is 2.18. The van der Waals surface area contributed by atoms with Gasteiger partial charge < -0.3 is 14.2 Å². The van der Waals surface area contributed by atoms with Gasteiger partial charge in [0.25, 0.3) is 0 Å². The lowest BCUT2D eigenvalue weighted by molar-refractivity contribution is 0.0734. The van der Waals surface area contributed by atoms with Crippen LogP contribution < -0.4 is 14.2 Å². The van der Waals surface area contributed by atoms with E-state index in [2.05, 4.69) is 12.1 Å². The number of rotatable bonds is 9. The molecule has 0 radical (unpaired) electrons. The van der Waals surface area contributed by atoms with E-state index in [1.54, 1.807) is 12.1 Å². The van der Waals surface area contributed by atoms with Gasteiger partial charge >= 0.3 is 5.97 Å². The monoisotopic (exact) mass is 424 g/mol. The summed E-state index contributed by atoms with van der Waals surface area (Å²) >= 11 is 0. The normalized spacial score (nSPS) is 10.4. The van der Waals surface area contributed by atoms with E-state index in [0.717, 1.165) is 24.3 Å². The Hall–Kier alpha value is -4.05. The number of aryl methyl sites for hydroxylation is 2. The largest absolute Gasteiger partial charge is 0.458 e. The summed E-state index contributed by atoms with van der Waals surface area (Å²) in [5.74, 6) is 1.75. The van der Waals surface area contributed by atoms with Crippen LogP contribution >= 0.6 is 0 Å². The molecule has 0 saturated heterocycles. The summed E-state index contributed by atoms with van der Waals surface area (Å²) in [5.41, 5.74) is 2.94. The summed E-state index contributed by atoms with van der Waals surface area (Å²) < 4.78 is 16.6. The summed E-state index contributed by atoms with van der Waals surface area (Å²) in [5, 5.41) is 0. The Labute approximate surface area is 188 Å². The highest BCUT2D eigenvalue weighted by Gasteiger charge is 2.07. The van der Waals surface area contributed by atoms with Crippen LogP contribution in [0.1, 0.15) is 21.5 Å². The quantitative estimate of drug-likeness (QED) is 0.185. The number of para-hydroxylation sites is 1. The van der Waals surface area contributed by atoms with Gasteiger partial charge in [-0.3, -0.25) is 0 Å². The van der Waals surface area contributed by atoms with E-state index in [4.69, 9.17) is 14.2 Å². The SMILES string of the molecule is O=C(Oc1ccc(CCc2ccc(OCOc3ccccc3)cc2)cc1)c1ccccc1. The maximum atomic E-state index is 12.1. The maximum absolute atomic E-state index is 12.1. The van der Waals surface area contributed by atoms with Crippen molar-refractivity contribution in [1.29, 1.82) is 0 Å². The van der Waals surface area contributed by atoms with Gasteiger partial charge in [0.2, 0.25) is 6.79 Å². The zero-order valence-corrected chi connectivity index (χ0v) is 17.6. The van der Waals surface area contributed by atoms with Crippen molar-refractivity contribution < 1.29 is 19.0 Å². The van der Waals surface area contributed by atoms with Crippen LogP contribution in [0, 0.1) is 0 Å². The van der Waals surface area contributed by atoms with Crippen molar-refractivity contribution in [1.82, 2.24) is 0 Å². The van der Waals surface area contributed by atoms with Crippen LogP contribution in [0.2, 0.25) is 0 Å². The molecule has 4 aromatic carbocycles. The molecule has 0 aliphatic carbocycles. The lowest BCUT2D eigenvalue weighted by atomic mass is 10.0. The lowest BCUT2D eigenvalue weighted by Gasteiger charge is -2.09. The molecule has 0 saturated carbocycles. The number of hydrogen-bond acceptors (Lipinski definition) is 4. The molecule has 4 nitrogen and oxygen atoms in total. The van der Waals surface area contributed by atoms with E-state index in [1.165, 1.54) is 11.1 Å². The average Bonchev–Trinajstić information content (AvgIpc) is 2.85. The second kappa shape index (κ2) is 10.8. The fourth-order valence-corrected chi connectivity index (χ4v) is 3.19. The first-order valence-electron chi connectivity index (χ1n) is 10.5. The molecule has 0 unspecified atom stereocenters. The maximum Gasteiger partial charge on any atom is 0.343 e. The number of carbonyl (C=O) groups excluding carboxylic acids is 1. The third-order valence-corrected chi connectivity index (χ3v) is 4.96. The molecule has 0 fully saturated rings. The second-order valence-electron chi connectivity index (χ2n) is 7.26. The number of benzene rings is 4. The van der Waals surface area contributed by atoms with E-state index in [1.807, 2.05) is 84.9 Å². The molecule has 160 valence electrons. The smallest absolute Gasteiger partial charge is 0.343 e. The average molecular weight is 424 g/mol. The third kappa shape index (κ3) is 6.22. The van der Waals surface area contributed by atoms with Gasteiger partial charge in [-0.25, -0.2) is 4.79 Å². The van der Waals surface area contributed by atoms with Gasteiger partial charge in [-0.2, -0.15) is 0 Å².